The van der Waals surface area contributed by atoms with Gasteiger partial charge in [-0.05, 0) is 56.0 Å². The van der Waals surface area contributed by atoms with Crippen molar-refractivity contribution in [1.29, 1.82) is 0 Å². The van der Waals surface area contributed by atoms with Crippen LogP contribution in [0.25, 0.3) is 28.0 Å². The smallest absolute Gasteiger partial charge is 0.291 e. The number of pyridine rings is 1. The minimum absolute atomic E-state index is 0.0717. The Labute approximate surface area is 241 Å². The average molecular weight is 564 g/mol. The number of aromatic nitrogens is 7. The third-order valence-electron chi connectivity index (χ3n) is 8.80. The fraction of sp³-hybridized carbons (Fsp3) is 0.333. The lowest BCUT2D eigenvalue weighted by atomic mass is 9.85. The van der Waals surface area contributed by atoms with Crippen LogP contribution in [0.2, 0.25) is 0 Å². The molecule has 2 N–H and O–H groups in total. The van der Waals surface area contributed by atoms with Gasteiger partial charge in [0.25, 0.3) is 5.91 Å². The molecule has 2 atom stereocenters. The monoisotopic (exact) mass is 563 g/mol. The number of benzene rings is 1. The first-order valence-corrected chi connectivity index (χ1v) is 14.2. The van der Waals surface area contributed by atoms with Gasteiger partial charge in [0, 0.05) is 46.5 Å². The molecule has 3 aliphatic heterocycles. The van der Waals surface area contributed by atoms with Crippen molar-refractivity contribution in [1.82, 2.24) is 39.7 Å². The molecule has 0 saturated carbocycles. The normalized spacial score (nSPS) is 21.3. The van der Waals surface area contributed by atoms with Gasteiger partial charge in [0.2, 0.25) is 5.82 Å². The maximum atomic E-state index is 13.2. The Kier molecular flexibility index (Phi) is 5.88. The topological polar surface area (TPSA) is 135 Å². The van der Waals surface area contributed by atoms with Crippen LogP contribution in [0.1, 0.15) is 53.5 Å². The zero-order valence-corrected chi connectivity index (χ0v) is 23.0. The fourth-order valence-corrected chi connectivity index (χ4v) is 6.83. The number of aromatic amines is 1. The van der Waals surface area contributed by atoms with Crippen molar-refractivity contribution in [2.24, 2.45) is 0 Å². The molecule has 212 valence electrons. The summed E-state index contributed by atoms with van der Waals surface area (Å²) in [7, 11) is 1.66. The number of anilines is 1. The molecule has 4 aromatic heterocycles. The number of fused-ring (bicyclic) bond motifs is 5. The van der Waals surface area contributed by atoms with E-state index in [2.05, 4.69) is 26.6 Å². The van der Waals surface area contributed by atoms with Gasteiger partial charge in [0.1, 0.15) is 24.6 Å². The lowest BCUT2D eigenvalue weighted by molar-refractivity contribution is 0.0554. The third-order valence-corrected chi connectivity index (χ3v) is 8.80. The molecule has 2 bridgehead atoms. The van der Waals surface area contributed by atoms with Crippen LogP contribution in [0.5, 0.6) is 5.75 Å². The van der Waals surface area contributed by atoms with Crippen LogP contribution in [0.4, 0.5) is 5.82 Å². The summed E-state index contributed by atoms with van der Waals surface area (Å²) in [5, 5.41) is 14.7. The number of rotatable bonds is 5. The second-order valence-corrected chi connectivity index (χ2v) is 11.0. The summed E-state index contributed by atoms with van der Waals surface area (Å²) in [6.07, 6.45) is 8.75. The Morgan fingerprint density at radius 3 is 2.55 bits per heavy atom. The summed E-state index contributed by atoms with van der Waals surface area (Å²) in [4.78, 5) is 29.3. The summed E-state index contributed by atoms with van der Waals surface area (Å²) in [5.74, 6) is 2.16. The summed E-state index contributed by atoms with van der Waals surface area (Å²) in [6, 6.07) is 12.2. The van der Waals surface area contributed by atoms with Crippen LogP contribution in [-0.2, 0) is 11.3 Å². The van der Waals surface area contributed by atoms with E-state index in [0.717, 1.165) is 76.5 Å². The standard InChI is InChI=1S/C30H29N9O3/c1-41-22-7-2-17(3-8-22)25-9-4-18(12-31-25)23-13-35-39-28-24(14-42-16-33-28)26(36-29(23)39)19-10-20-5-6-21(11-19)38(20)30(40)27-32-15-34-37-27/h2-4,7-9,12-13,15,19-21,33H,5-6,10-11,14,16H2,1H3,(H,32,34,37). The van der Waals surface area contributed by atoms with Crippen molar-refractivity contribution in [2.75, 3.05) is 19.2 Å². The molecule has 12 heteroatoms. The molecule has 0 spiro atoms. The van der Waals surface area contributed by atoms with Gasteiger partial charge in [-0.1, -0.05) is 6.07 Å². The van der Waals surface area contributed by atoms with E-state index in [1.807, 2.05) is 52.1 Å². The van der Waals surface area contributed by atoms with E-state index in [1.165, 1.54) is 6.33 Å². The summed E-state index contributed by atoms with van der Waals surface area (Å²) >= 11 is 0. The van der Waals surface area contributed by atoms with Crippen molar-refractivity contribution < 1.29 is 14.3 Å². The number of carbonyl (C=O) groups is 1. The molecule has 7 heterocycles. The number of methoxy groups -OCH3 is 1. The van der Waals surface area contributed by atoms with Crippen LogP contribution in [0, 0.1) is 0 Å². The molecule has 12 nitrogen and oxygen atoms in total. The zero-order chi connectivity index (χ0) is 28.2. The second kappa shape index (κ2) is 9.91. The highest BCUT2D eigenvalue weighted by molar-refractivity contribution is 5.91. The molecule has 2 saturated heterocycles. The first-order valence-electron chi connectivity index (χ1n) is 14.2. The molecular weight excluding hydrogens is 534 g/mol. The quantitative estimate of drug-likeness (QED) is 0.325. The maximum absolute atomic E-state index is 13.2. The predicted octanol–water partition coefficient (Wildman–Crippen LogP) is 4.04. The van der Waals surface area contributed by atoms with Gasteiger partial charge in [0.15, 0.2) is 5.65 Å². The highest BCUT2D eigenvalue weighted by atomic mass is 16.5. The average Bonchev–Trinajstić information content (AvgIpc) is 3.79. The third kappa shape index (κ3) is 4.01. The number of piperidine rings is 1. The summed E-state index contributed by atoms with van der Waals surface area (Å²) in [5.41, 5.74) is 6.61. The summed E-state index contributed by atoms with van der Waals surface area (Å²) < 4.78 is 13.0. The highest BCUT2D eigenvalue weighted by Crippen LogP contribution is 2.45. The Hall–Kier alpha value is -4.84. The fourth-order valence-electron chi connectivity index (χ4n) is 6.83. The molecule has 1 amide bonds. The highest BCUT2D eigenvalue weighted by Gasteiger charge is 2.45. The Morgan fingerprint density at radius 1 is 1.02 bits per heavy atom. The molecule has 1 aromatic carbocycles. The number of H-pyrrole nitrogens is 1. The number of hydrogen-bond acceptors (Lipinski definition) is 9. The molecule has 2 unspecified atom stereocenters. The molecule has 3 aliphatic rings. The van der Waals surface area contributed by atoms with E-state index >= 15 is 0 Å². The lowest BCUT2D eigenvalue weighted by Gasteiger charge is -2.39. The van der Waals surface area contributed by atoms with E-state index in [-0.39, 0.29) is 23.9 Å². The predicted molar refractivity (Wildman–Crippen MR) is 153 cm³/mol. The molecule has 2 fully saturated rings. The molecule has 0 radical (unpaired) electrons. The van der Waals surface area contributed by atoms with Gasteiger partial charge < -0.3 is 19.7 Å². The van der Waals surface area contributed by atoms with Crippen LogP contribution in [0.15, 0.2) is 55.1 Å². The molecule has 5 aromatic rings. The Bertz CT molecular complexity index is 1750. The van der Waals surface area contributed by atoms with E-state index < -0.39 is 0 Å². The number of carbonyl (C=O) groups excluding carboxylic acids is 1. The lowest BCUT2D eigenvalue weighted by Crippen LogP contribution is -2.46. The van der Waals surface area contributed by atoms with Gasteiger partial charge in [-0.3, -0.25) is 14.9 Å². The number of nitrogens with one attached hydrogen (secondary N) is 2. The largest absolute Gasteiger partial charge is 0.497 e. The first-order chi connectivity index (χ1) is 20.7. The molecular formula is C30H29N9O3. The second-order valence-electron chi connectivity index (χ2n) is 11.0. The van der Waals surface area contributed by atoms with Gasteiger partial charge >= 0.3 is 0 Å². The van der Waals surface area contributed by atoms with Crippen LogP contribution >= 0.6 is 0 Å². The van der Waals surface area contributed by atoms with Crippen molar-refractivity contribution in [2.45, 2.75) is 50.3 Å². The van der Waals surface area contributed by atoms with E-state index in [1.54, 1.807) is 7.11 Å². The van der Waals surface area contributed by atoms with Crippen LogP contribution < -0.4 is 10.1 Å². The van der Waals surface area contributed by atoms with Crippen molar-refractivity contribution >= 4 is 17.4 Å². The summed E-state index contributed by atoms with van der Waals surface area (Å²) in [6.45, 7) is 0.884. The molecule has 0 aliphatic carbocycles. The van der Waals surface area contributed by atoms with Crippen molar-refractivity contribution in [3.05, 3.63) is 72.2 Å². The van der Waals surface area contributed by atoms with E-state index in [9.17, 15) is 4.79 Å². The van der Waals surface area contributed by atoms with Gasteiger partial charge in [-0.25, -0.2) is 9.97 Å². The molecule has 42 heavy (non-hydrogen) atoms. The number of ether oxygens (including phenoxy) is 2. The minimum Gasteiger partial charge on any atom is -0.497 e. The van der Waals surface area contributed by atoms with Crippen molar-refractivity contribution in [3.8, 4) is 28.1 Å². The van der Waals surface area contributed by atoms with Crippen molar-refractivity contribution in [3.63, 3.8) is 0 Å². The van der Waals surface area contributed by atoms with E-state index in [4.69, 9.17) is 24.5 Å². The van der Waals surface area contributed by atoms with Crippen LogP contribution in [-0.4, -0.2) is 71.5 Å². The molecule has 8 rings (SSSR count). The minimum atomic E-state index is -0.0717. The first kappa shape index (κ1) is 24.9. The maximum Gasteiger partial charge on any atom is 0.291 e. The zero-order valence-electron chi connectivity index (χ0n) is 23.0. The van der Waals surface area contributed by atoms with Gasteiger partial charge in [0.05, 0.1) is 31.3 Å². The number of amides is 1. The van der Waals surface area contributed by atoms with Gasteiger partial charge in [-0.15, -0.1) is 0 Å². The Morgan fingerprint density at radius 2 is 1.83 bits per heavy atom. The number of nitrogens with zero attached hydrogens (tertiary/aromatic N) is 7. The number of hydrogen-bond donors (Lipinski definition) is 2. The SMILES string of the molecule is COc1ccc(-c2ccc(-c3cnn4c5c(c(C6CC7CCC(C6)N7C(=O)c6ncn[nH]6)nc34)COCN5)cn2)cc1. The van der Waals surface area contributed by atoms with Gasteiger partial charge in [-0.2, -0.15) is 14.7 Å². The van der Waals surface area contributed by atoms with E-state index in [0.29, 0.717) is 19.2 Å². The van der Waals surface area contributed by atoms with Crippen LogP contribution in [0.3, 0.4) is 0 Å². The Balaban J connectivity index is 1.14.